The van der Waals surface area contributed by atoms with Crippen molar-refractivity contribution in [2.75, 3.05) is 0 Å². The topological polar surface area (TPSA) is 38.7 Å². The van der Waals surface area contributed by atoms with E-state index in [0.29, 0.717) is 0 Å². The van der Waals surface area contributed by atoms with E-state index in [2.05, 4.69) is 0 Å². The average molecular weight is 280 g/mol. The predicted molar refractivity (Wildman–Crippen MR) is 86.5 cm³/mol. The highest BCUT2D eigenvalue weighted by atomic mass is 16.7. The molecule has 1 N–H and O–H groups in total. The molecule has 4 heteroatoms. The molecule has 1 heterocycles. The van der Waals surface area contributed by atoms with Gasteiger partial charge in [-0.15, -0.1) is 0 Å². The molecule has 1 aliphatic heterocycles. The maximum atomic E-state index is 9.42. The highest BCUT2D eigenvalue weighted by Gasteiger charge is 2.51. The molecule has 1 aromatic carbocycles. The van der Waals surface area contributed by atoms with E-state index in [1.807, 2.05) is 61.5 Å². The molecule has 0 radical (unpaired) electrons. The van der Waals surface area contributed by atoms with Crippen LogP contribution < -0.4 is 5.46 Å². The van der Waals surface area contributed by atoms with Gasteiger partial charge < -0.3 is 14.4 Å². The summed E-state index contributed by atoms with van der Waals surface area (Å²) < 4.78 is 11.7. The zero-order valence-electron chi connectivity index (χ0n) is 14.2. The molecule has 0 aliphatic carbocycles. The van der Waals surface area contributed by atoms with E-state index in [-0.39, 0.29) is 17.0 Å². The van der Waals surface area contributed by atoms with Crippen molar-refractivity contribution in [3.8, 4) is 5.75 Å². The molecule has 1 saturated heterocycles. The van der Waals surface area contributed by atoms with Crippen LogP contribution in [0.3, 0.4) is 0 Å². The zero-order valence-corrected chi connectivity index (χ0v) is 14.2. The van der Waals surface area contributed by atoms with Crippen molar-refractivity contribution in [2.45, 2.75) is 66.6 Å². The molecule has 114 valence electrons. The third-order valence-corrected chi connectivity index (χ3v) is 3.40. The Morgan fingerprint density at radius 2 is 1.35 bits per heavy atom. The van der Waals surface area contributed by atoms with E-state index in [1.54, 1.807) is 18.2 Å². The van der Waals surface area contributed by atoms with Crippen LogP contribution in [0, 0.1) is 0 Å². The van der Waals surface area contributed by atoms with Crippen molar-refractivity contribution in [3.05, 3.63) is 24.3 Å². The largest absolute Gasteiger partial charge is 0.508 e. The van der Waals surface area contributed by atoms with Crippen LogP contribution in [-0.4, -0.2) is 23.4 Å². The monoisotopic (exact) mass is 280 g/mol. The highest BCUT2D eigenvalue weighted by Crippen LogP contribution is 2.36. The lowest BCUT2D eigenvalue weighted by Crippen LogP contribution is -2.41. The van der Waals surface area contributed by atoms with E-state index in [1.165, 1.54) is 0 Å². The van der Waals surface area contributed by atoms with Gasteiger partial charge in [-0.1, -0.05) is 39.8 Å². The predicted octanol–water partition coefficient (Wildman–Crippen LogP) is 3.74. The molecule has 1 aromatic rings. The molecule has 0 unspecified atom stereocenters. The second-order valence-electron chi connectivity index (χ2n) is 5.18. The number of phenolic OH excluding ortho intramolecular Hbond substituents is 1. The average Bonchev–Trinajstić information content (AvgIpc) is 2.63. The minimum Gasteiger partial charge on any atom is -0.508 e. The van der Waals surface area contributed by atoms with Crippen molar-refractivity contribution in [3.63, 3.8) is 0 Å². The number of aromatic hydroxyl groups is 1. The van der Waals surface area contributed by atoms with Crippen molar-refractivity contribution < 1.29 is 14.4 Å². The van der Waals surface area contributed by atoms with Crippen molar-refractivity contribution in [2.24, 2.45) is 0 Å². The first kappa shape index (κ1) is 19.0. The lowest BCUT2D eigenvalue weighted by atomic mass is 9.79. The fraction of sp³-hybridized carbons (Fsp3) is 0.625. The number of rotatable bonds is 1. The first-order valence-electron chi connectivity index (χ1n) is 7.46. The lowest BCUT2D eigenvalue weighted by Gasteiger charge is -2.32. The Hall–Kier alpha value is -0.995. The minimum absolute atomic E-state index is 0.229. The SMILES string of the molecule is CC.CC.CC1(C)OB(c2cccc(O)c2)OC1(C)C. The van der Waals surface area contributed by atoms with Crippen LogP contribution in [0.2, 0.25) is 0 Å². The molecule has 0 spiro atoms. The molecule has 0 atom stereocenters. The van der Waals surface area contributed by atoms with Crippen LogP contribution in [0.4, 0.5) is 0 Å². The summed E-state index contributed by atoms with van der Waals surface area (Å²) in [6.45, 7) is 16.0. The number of benzene rings is 1. The van der Waals surface area contributed by atoms with Crippen LogP contribution in [0.25, 0.3) is 0 Å². The quantitative estimate of drug-likeness (QED) is 0.796. The summed E-state index contributed by atoms with van der Waals surface area (Å²) in [4.78, 5) is 0. The summed E-state index contributed by atoms with van der Waals surface area (Å²) in [6, 6.07) is 6.98. The van der Waals surface area contributed by atoms with Crippen LogP contribution in [0.1, 0.15) is 55.4 Å². The third kappa shape index (κ3) is 4.25. The Kier molecular flexibility index (Phi) is 7.32. The summed E-state index contributed by atoms with van der Waals surface area (Å²) in [7, 11) is -0.405. The molecule has 2 rings (SSSR count). The Balaban J connectivity index is 0.000000829. The first-order chi connectivity index (χ1) is 9.32. The number of hydrogen-bond donors (Lipinski definition) is 1. The fourth-order valence-corrected chi connectivity index (χ4v) is 1.65. The molecule has 0 aromatic heterocycles. The summed E-state index contributed by atoms with van der Waals surface area (Å²) in [5.41, 5.74) is 0.158. The molecule has 0 saturated carbocycles. The Bertz CT molecular complexity index is 386. The zero-order chi connectivity index (χ0) is 16.0. The molecule has 20 heavy (non-hydrogen) atoms. The van der Waals surface area contributed by atoms with Gasteiger partial charge in [0.1, 0.15) is 5.75 Å². The Labute approximate surface area is 124 Å². The molecular weight excluding hydrogens is 251 g/mol. The molecule has 0 amide bonds. The van der Waals surface area contributed by atoms with Gasteiger partial charge in [-0.2, -0.15) is 0 Å². The maximum absolute atomic E-state index is 9.42. The van der Waals surface area contributed by atoms with Gasteiger partial charge in [0, 0.05) is 0 Å². The van der Waals surface area contributed by atoms with Gasteiger partial charge in [-0.05, 0) is 45.3 Å². The van der Waals surface area contributed by atoms with E-state index in [0.717, 1.165) is 5.46 Å². The van der Waals surface area contributed by atoms with Crippen LogP contribution in [0.15, 0.2) is 24.3 Å². The van der Waals surface area contributed by atoms with Gasteiger partial charge in [0.25, 0.3) is 0 Å². The van der Waals surface area contributed by atoms with E-state index in [4.69, 9.17) is 9.31 Å². The van der Waals surface area contributed by atoms with Crippen molar-refractivity contribution >= 4 is 12.6 Å². The van der Waals surface area contributed by atoms with E-state index >= 15 is 0 Å². The standard InChI is InChI=1S/C12H17BO3.2C2H6/c1-11(2)12(3,4)16-13(15-11)9-6-5-7-10(14)8-9;2*1-2/h5-8,14H,1-4H3;2*1-2H3. The van der Waals surface area contributed by atoms with Crippen molar-refractivity contribution in [1.29, 1.82) is 0 Å². The van der Waals surface area contributed by atoms with Crippen LogP contribution in [0.5, 0.6) is 5.75 Å². The lowest BCUT2D eigenvalue weighted by molar-refractivity contribution is 0.00578. The van der Waals surface area contributed by atoms with Gasteiger partial charge in [-0.3, -0.25) is 0 Å². The van der Waals surface area contributed by atoms with Gasteiger partial charge in [0.2, 0.25) is 0 Å². The second-order valence-corrected chi connectivity index (χ2v) is 5.18. The van der Waals surface area contributed by atoms with Crippen LogP contribution in [-0.2, 0) is 9.31 Å². The van der Waals surface area contributed by atoms with Crippen LogP contribution >= 0.6 is 0 Å². The van der Waals surface area contributed by atoms with E-state index in [9.17, 15) is 5.11 Å². The molecule has 1 aliphatic rings. The van der Waals surface area contributed by atoms with Gasteiger partial charge in [-0.25, -0.2) is 0 Å². The normalized spacial score (nSPS) is 18.5. The summed E-state index contributed by atoms with van der Waals surface area (Å²) in [6.07, 6.45) is 0. The van der Waals surface area contributed by atoms with Crippen molar-refractivity contribution in [1.82, 2.24) is 0 Å². The number of hydrogen-bond acceptors (Lipinski definition) is 3. The summed E-state index contributed by atoms with van der Waals surface area (Å²) >= 11 is 0. The second kappa shape index (κ2) is 7.70. The van der Waals surface area contributed by atoms with Gasteiger partial charge >= 0.3 is 7.12 Å². The summed E-state index contributed by atoms with van der Waals surface area (Å²) in [5.74, 6) is 0.229. The molecule has 1 fully saturated rings. The van der Waals surface area contributed by atoms with Gasteiger partial charge in [0.15, 0.2) is 0 Å². The minimum atomic E-state index is -0.405. The number of phenols is 1. The Morgan fingerprint density at radius 1 is 0.900 bits per heavy atom. The molecule has 3 nitrogen and oxygen atoms in total. The molecular formula is C16H29BO3. The Morgan fingerprint density at radius 3 is 1.75 bits per heavy atom. The third-order valence-electron chi connectivity index (χ3n) is 3.40. The highest BCUT2D eigenvalue weighted by molar-refractivity contribution is 6.62. The maximum Gasteiger partial charge on any atom is 0.494 e. The van der Waals surface area contributed by atoms with Gasteiger partial charge in [0.05, 0.1) is 11.2 Å². The smallest absolute Gasteiger partial charge is 0.494 e. The first-order valence-corrected chi connectivity index (χ1v) is 7.46. The summed E-state index contributed by atoms with van der Waals surface area (Å²) in [5, 5.41) is 9.42. The fourth-order valence-electron chi connectivity index (χ4n) is 1.65. The molecule has 0 bridgehead atoms. The van der Waals surface area contributed by atoms with E-state index < -0.39 is 7.12 Å².